The van der Waals surface area contributed by atoms with Crippen LogP contribution in [0.15, 0.2) is 18.7 Å². The average molecular weight is 235 g/mol. The van der Waals surface area contributed by atoms with Crippen LogP contribution in [-0.4, -0.2) is 29.7 Å². The third-order valence-corrected chi connectivity index (χ3v) is 2.67. The third-order valence-electron chi connectivity index (χ3n) is 2.67. The van der Waals surface area contributed by atoms with Crippen molar-refractivity contribution >= 4 is 0 Å². The van der Waals surface area contributed by atoms with E-state index < -0.39 is 6.10 Å². The van der Waals surface area contributed by atoms with E-state index in [0.717, 1.165) is 24.4 Å². The Labute approximate surface area is 99.9 Å². The van der Waals surface area contributed by atoms with Crippen molar-refractivity contribution in [2.75, 3.05) is 0 Å². The Morgan fingerprint density at radius 3 is 2.88 bits per heavy atom. The highest BCUT2D eigenvalue weighted by molar-refractivity contribution is 5.10. The average Bonchev–Trinajstić information content (AvgIpc) is 2.90. The molecule has 1 unspecified atom stereocenters. The lowest BCUT2D eigenvalue weighted by atomic mass is 10.1. The van der Waals surface area contributed by atoms with E-state index in [1.165, 1.54) is 6.33 Å². The van der Waals surface area contributed by atoms with E-state index >= 15 is 0 Å². The standard InChI is InChI=1S/C11H17N5O/c1-3-4-16-7-9(6-13-16)10(17)5-11-12-8-14-15(11)2/h6-8,10,17H,3-5H2,1-2H3. The molecular weight excluding hydrogens is 218 g/mol. The van der Waals surface area contributed by atoms with Crippen LogP contribution in [0.4, 0.5) is 0 Å². The minimum absolute atomic E-state index is 0.453. The molecule has 0 fully saturated rings. The summed E-state index contributed by atoms with van der Waals surface area (Å²) in [6.45, 7) is 2.97. The van der Waals surface area contributed by atoms with Crippen LogP contribution in [0.5, 0.6) is 0 Å². The molecule has 6 nitrogen and oxygen atoms in total. The Morgan fingerprint density at radius 2 is 2.24 bits per heavy atom. The molecule has 0 saturated carbocycles. The number of aliphatic hydroxyl groups excluding tert-OH is 1. The maximum atomic E-state index is 10.1. The van der Waals surface area contributed by atoms with Gasteiger partial charge in [0.15, 0.2) is 0 Å². The van der Waals surface area contributed by atoms with E-state index in [2.05, 4.69) is 22.1 Å². The second kappa shape index (κ2) is 5.09. The molecule has 0 amide bonds. The number of aliphatic hydroxyl groups is 1. The van der Waals surface area contributed by atoms with Crippen LogP contribution in [0.2, 0.25) is 0 Å². The van der Waals surface area contributed by atoms with Crippen LogP contribution in [0, 0.1) is 0 Å². The highest BCUT2D eigenvalue weighted by Crippen LogP contribution is 2.16. The molecule has 0 aliphatic carbocycles. The third kappa shape index (κ3) is 2.71. The quantitative estimate of drug-likeness (QED) is 0.828. The SMILES string of the molecule is CCCn1cc(C(O)Cc2ncnn2C)cn1. The van der Waals surface area contributed by atoms with Gasteiger partial charge in [0.1, 0.15) is 12.2 Å². The summed E-state index contributed by atoms with van der Waals surface area (Å²) in [6, 6.07) is 0. The summed E-state index contributed by atoms with van der Waals surface area (Å²) < 4.78 is 3.51. The molecule has 2 heterocycles. The molecule has 2 aromatic rings. The number of rotatable bonds is 5. The molecule has 0 aliphatic heterocycles. The Hall–Kier alpha value is -1.69. The van der Waals surface area contributed by atoms with Crippen molar-refractivity contribution in [3.63, 3.8) is 0 Å². The summed E-state index contributed by atoms with van der Waals surface area (Å²) in [4.78, 5) is 4.09. The van der Waals surface area contributed by atoms with Crippen molar-refractivity contribution in [3.8, 4) is 0 Å². The van der Waals surface area contributed by atoms with Crippen molar-refractivity contribution in [1.29, 1.82) is 0 Å². The highest BCUT2D eigenvalue weighted by Gasteiger charge is 2.13. The van der Waals surface area contributed by atoms with E-state index in [1.807, 2.05) is 17.9 Å². The van der Waals surface area contributed by atoms with Crippen molar-refractivity contribution in [2.45, 2.75) is 32.4 Å². The van der Waals surface area contributed by atoms with Crippen LogP contribution in [-0.2, 0) is 20.0 Å². The summed E-state index contributed by atoms with van der Waals surface area (Å²) in [5.41, 5.74) is 0.821. The molecule has 0 spiro atoms. The second-order valence-corrected chi connectivity index (χ2v) is 4.06. The first-order chi connectivity index (χ1) is 8.20. The maximum absolute atomic E-state index is 10.1. The number of nitrogens with zero attached hydrogens (tertiary/aromatic N) is 5. The fourth-order valence-electron chi connectivity index (χ4n) is 1.70. The van der Waals surface area contributed by atoms with E-state index in [0.29, 0.717) is 6.42 Å². The van der Waals surface area contributed by atoms with Gasteiger partial charge in [-0.1, -0.05) is 6.92 Å². The lowest BCUT2D eigenvalue weighted by Crippen LogP contribution is -2.07. The zero-order valence-electron chi connectivity index (χ0n) is 10.1. The van der Waals surface area contributed by atoms with E-state index in [4.69, 9.17) is 0 Å². The van der Waals surface area contributed by atoms with Gasteiger partial charge < -0.3 is 5.11 Å². The number of aromatic nitrogens is 5. The number of hydrogen-bond donors (Lipinski definition) is 1. The van der Waals surface area contributed by atoms with Gasteiger partial charge in [-0.15, -0.1) is 0 Å². The molecule has 17 heavy (non-hydrogen) atoms. The van der Waals surface area contributed by atoms with Gasteiger partial charge in [0.05, 0.1) is 12.3 Å². The molecule has 0 saturated heterocycles. The molecule has 1 N–H and O–H groups in total. The molecule has 0 radical (unpaired) electrons. The molecule has 0 aliphatic rings. The fourth-order valence-corrected chi connectivity index (χ4v) is 1.70. The van der Waals surface area contributed by atoms with Crippen LogP contribution in [0.1, 0.15) is 30.8 Å². The predicted molar refractivity (Wildman–Crippen MR) is 62.2 cm³/mol. The molecular formula is C11H17N5O. The normalized spacial score (nSPS) is 12.9. The molecule has 6 heteroatoms. The lowest BCUT2D eigenvalue weighted by Gasteiger charge is -2.07. The fraction of sp³-hybridized carbons (Fsp3) is 0.545. The molecule has 1 atom stereocenters. The number of hydrogen-bond acceptors (Lipinski definition) is 4. The summed E-state index contributed by atoms with van der Waals surface area (Å²) in [7, 11) is 1.82. The summed E-state index contributed by atoms with van der Waals surface area (Å²) >= 11 is 0. The lowest BCUT2D eigenvalue weighted by molar-refractivity contribution is 0.174. The van der Waals surface area contributed by atoms with Crippen molar-refractivity contribution in [2.24, 2.45) is 7.05 Å². The van der Waals surface area contributed by atoms with Gasteiger partial charge in [-0.05, 0) is 6.42 Å². The first-order valence-electron chi connectivity index (χ1n) is 5.74. The molecule has 92 valence electrons. The minimum Gasteiger partial charge on any atom is -0.388 e. The summed E-state index contributed by atoms with van der Waals surface area (Å²) in [6.07, 6.45) is 5.97. The molecule has 2 aromatic heterocycles. The highest BCUT2D eigenvalue weighted by atomic mass is 16.3. The van der Waals surface area contributed by atoms with Gasteiger partial charge in [0, 0.05) is 31.8 Å². The van der Waals surface area contributed by atoms with Gasteiger partial charge in [0.2, 0.25) is 0 Å². The Kier molecular flexibility index (Phi) is 3.53. The van der Waals surface area contributed by atoms with E-state index in [9.17, 15) is 5.11 Å². The van der Waals surface area contributed by atoms with Crippen LogP contribution in [0.3, 0.4) is 0 Å². The first-order valence-corrected chi connectivity index (χ1v) is 5.74. The predicted octanol–water partition coefficient (Wildman–Crippen LogP) is 0.698. The Morgan fingerprint density at radius 1 is 1.41 bits per heavy atom. The van der Waals surface area contributed by atoms with Crippen LogP contribution in [0.25, 0.3) is 0 Å². The van der Waals surface area contributed by atoms with Gasteiger partial charge in [-0.2, -0.15) is 10.2 Å². The van der Waals surface area contributed by atoms with Gasteiger partial charge >= 0.3 is 0 Å². The van der Waals surface area contributed by atoms with Gasteiger partial charge in [0.25, 0.3) is 0 Å². The summed E-state index contributed by atoms with van der Waals surface area (Å²) in [5, 5.41) is 18.2. The molecule has 0 aromatic carbocycles. The molecule has 0 bridgehead atoms. The van der Waals surface area contributed by atoms with E-state index in [1.54, 1.807) is 10.9 Å². The van der Waals surface area contributed by atoms with Crippen LogP contribution >= 0.6 is 0 Å². The Bertz CT molecular complexity index is 476. The van der Waals surface area contributed by atoms with Crippen molar-refractivity contribution in [1.82, 2.24) is 24.5 Å². The second-order valence-electron chi connectivity index (χ2n) is 4.06. The van der Waals surface area contributed by atoms with Crippen LogP contribution < -0.4 is 0 Å². The topological polar surface area (TPSA) is 68.8 Å². The first kappa shape index (κ1) is 11.8. The minimum atomic E-state index is -0.580. The van der Waals surface area contributed by atoms with Gasteiger partial charge in [-0.3, -0.25) is 9.36 Å². The number of aryl methyl sites for hydroxylation is 2. The smallest absolute Gasteiger partial charge is 0.138 e. The zero-order valence-corrected chi connectivity index (χ0v) is 10.1. The van der Waals surface area contributed by atoms with Crippen molar-refractivity contribution in [3.05, 3.63) is 30.1 Å². The Balaban J connectivity index is 2.04. The van der Waals surface area contributed by atoms with Gasteiger partial charge in [-0.25, -0.2) is 4.98 Å². The molecule has 2 rings (SSSR count). The maximum Gasteiger partial charge on any atom is 0.138 e. The monoisotopic (exact) mass is 235 g/mol. The largest absolute Gasteiger partial charge is 0.388 e. The zero-order chi connectivity index (χ0) is 12.3. The summed E-state index contributed by atoms with van der Waals surface area (Å²) in [5.74, 6) is 0.765. The van der Waals surface area contributed by atoms with Crippen molar-refractivity contribution < 1.29 is 5.11 Å². The van der Waals surface area contributed by atoms with E-state index in [-0.39, 0.29) is 0 Å².